The zero-order chi connectivity index (χ0) is 40.3. The van der Waals surface area contributed by atoms with Gasteiger partial charge in [-0.15, -0.1) is 0 Å². The summed E-state index contributed by atoms with van der Waals surface area (Å²) in [6, 6.07) is 0. The van der Waals surface area contributed by atoms with Crippen molar-refractivity contribution in [2.45, 2.75) is 99.3 Å². The molecule has 1 heterocycles. The van der Waals surface area contributed by atoms with E-state index in [2.05, 4.69) is 77.2 Å². The average Bonchev–Trinajstić information content (AvgIpc) is 3.07. The van der Waals surface area contributed by atoms with Crippen molar-refractivity contribution in [1.82, 2.24) is 24.9 Å². The second-order valence-electron chi connectivity index (χ2n) is 15.0. The Morgan fingerprint density at radius 3 is 1.07 bits per heavy atom. The van der Waals surface area contributed by atoms with Crippen LogP contribution >= 0.6 is 0 Å². The number of aliphatic carboxylic acids is 3. The molecule has 0 aliphatic carbocycles. The van der Waals surface area contributed by atoms with Crippen LogP contribution in [0.1, 0.15) is 99.3 Å². The normalized spacial score (nSPS) is 16.8. The Balaban J connectivity index is 0.0000292. The molecular weight excluding hydrogens is 844 g/mol. The minimum absolute atomic E-state index is 0. The molecular formula is C42H68GdN5O7. The Bertz CT molecular complexity index is 1290. The van der Waals surface area contributed by atoms with Gasteiger partial charge >= 0.3 is 39.9 Å². The van der Waals surface area contributed by atoms with E-state index in [0.29, 0.717) is 32.7 Å². The molecule has 13 heteroatoms. The van der Waals surface area contributed by atoms with Gasteiger partial charge in [0.2, 0.25) is 5.91 Å². The van der Waals surface area contributed by atoms with Gasteiger partial charge in [0.1, 0.15) is 0 Å². The van der Waals surface area contributed by atoms with Crippen LogP contribution in [0.15, 0.2) is 58.2 Å². The fourth-order valence-electron chi connectivity index (χ4n) is 6.17. The van der Waals surface area contributed by atoms with Gasteiger partial charge < -0.3 is 35.0 Å². The van der Waals surface area contributed by atoms with Crippen LogP contribution in [-0.2, 0) is 19.2 Å². The number of nitrogens with zero attached hydrogens (tertiary/aromatic N) is 4. The van der Waals surface area contributed by atoms with E-state index in [0.717, 1.165) is 57.8 Å². The van der Waals surface area contributed by atoms with Crippen LogP contribution in [0.25, 0.3) is 0 Å². The van der Waals surface area contributed by atoms with Crippen molar-refractivity contribution in [1.29, 1.82) is 0 Å². The van der Waals surface area contributed by atoms with Gasteiger partial charge in [0.25, 0.3) is 0 Å². The second kappa shape index (κ2) is 31.8. The first-order valence-corrected chi connectivity index (χ1v) is 19.6. The fourth-order valence-corrected chi connectivity index (χ4v) is 6.17. The number of allylic oxidation sites excluding steroid dienone is 9. The third-order valence-electron chi connectivity index (χ3n) is 9.50. The summed E-state index contributed by atoms with van der Waals surface area (Å²) in [5.74, 6) is -3.94. The zero-order valence-corrected chi connectivity index (χ0v) is 36.7. The predicted octanol–water partition coefficient (Wildman–Crippen LogP) is 1.84. The molecule has 12 nitrogen and oxygen atoms in total. The Morgan fingerprint density at radius 2 is 0.745 bits per heavy atom. The number of carbonyl (C=O) groups excluding carboxylic acids is 4. The first kappa shape index (κ1) is 52.7. The van der Waals surface area contributed by atoms with Crippen molar-refractivity contribution in [2.75, 3.05) is 85.1 Å². The molecule has 1 aliphatic rings. The van der Waals surface area contributed by atoms with Crippen LogP contribution in [0.4, 0.5) is 0 Å². The van der Waals surface area contributed by atoms with Gasteiger partial charge in [0.05, 0.1) is 24.5 Å². The van der Waals surface area contributed by atoms with E-state index < -0.39 is 17.9 Å². The number of carboxylic acid groups (broad SMARTS) is 3. The average molecular weight is 912 g/mol. The zero-order valence-electron chi connectivity index (χ0n) is 34.4. The summed E-state index contributed by atoms with van der Waals surface area (Å²) in [7, 11) is 0. The first-order chi connectivity index (χ1) is 25.6. The molecule has 0 aromatic rings. The van der Waals surface area contributed by atoms with Crippen molar-refractivity contribution >= 4 is 23.8 Å². The van der Waals surface area contributed by atoms with Crippen LogP contribution in [0.3, 0.4) is 0 Å². The summed E-state index contributed by atoms with van der Waals surface area (Å²) in [6.45, 7) is 14.9. The Labute approximate surface area is 363 Å². The molecule has 1 saturated heterocycles. The number of nitrogens with one attached hydrogen (secondary N) is 1. The first-order valence-electron chi connectivity index (χ1n) is 19.6. The van der Waals surface area contributed by atoms with Crippen LogP contribution in [0.2, 0.25) is 0 Å². The third-order valence-corrected chi connectivity index (χ3v) is 9.50. The summed E-state index contributed by atoms with van der Waals surface area (Å²) in [5, 5.41) is 37.0. The molecule has 1 aliphatic heterocycles. The van der Waals surface area contributed by atoms with Gasteiger partial charge in [-0.2, -0.15) is 0 Å². The quantitative estimate of drug-likeness (QED) is 0.118. The van der Waals surface area contributed by atoms with E-state index in [-0.39, 0.29) is 98.2 Å². The molecule has 1 radical (unpaired) electrons. The minimum atomic E-state index is -1.27. The summed E-state index contributed by atoms with van der Waals surface area (Å²) < 4.78 is 0. The largest absolute Gasteiger partial charge is 3.00 e. The maximum Gasteiger partial charge on any atom is 3.00 e. The van der Waals surface area contributed by atoms with Crippen LogP contribution in [0, 0.1) is 39.9 Å². The SMILES string of the molecule is CC(C)=CCC/C(C)=C/CC/C(C)=C/CC/C=C(\C)CC/C=C(\C)CCNC(=O)CN1CCN(CC(=O)[O-])CCN(CC(=O)[O-])CCN(CC(=O)[O-])CC1.[Gd+3]. The molecule has 1 fully saturated rings. The van der Waals surface area contributed by atoms with Crippen molar-refractivity contribution < 1.29 is 74.4 Å². The van der Waals surface area contributed by atoms with Crippen molar-refractivity contribution in [3.63, 3.8) is 0 Å². The number of rotatable bonds is 23. The maximum atomic E-state index is 12.9. The molecule has 0 aromatic carbocycles. The maximum absolute atomic E-state index is 12.9. The number of amides is 1. The smallest absolute Gasteiger partial charge is 0.549 e. The fraction of sp³-hybridized carbons (Fsp3) is 0.667. The van der Waals surface area contributed by atoms with Crippen molar-refractivity contribution in [3.05, 3.63) is 58.2 Å². The van der Waals surface area contributed by atoms with Crippen LogP contribution < -0.4 is 20.6 Å². The number of hydrogen-bond acceptors (Lipinski definition) is 11. The van der Waals surface area contributed by atoms with Crippen LogP contribution in [0.5, 0.6) is 0 Å². The number of unbranched alkanes of at least 4 members (excludes halogenated alkanes) is 1. The van der Waals surface area contributed by atoms with Gasteiger partial charge in [-0.05, 0) is 99.3 Å². The van der Waals surface area contributed by atoms with E-state index in [1.54, 1.807) is 14.7 Å². The molecule has 1 rings (SSSR count). The van der Waals surface area contributed by atoms with Crippen LogP contribution in [-0.4, -0.2) is 128 Å². The molecule has 311 valence electrons. The van der Waals surface area contributed by atoms with Gasteiger partial charge in [-0.25, -0.2) is 0 Å². The molecule has 0 atom stereocenters. The summed E-state index contributed by atoms with van der Waals surface area (Å²) >= 11 is 0. The van der Waals surface area contributed by atoms with E-state index in [1.165, 1.54) is 27.9 Å². The van der Waals surface area contributed by atoms with E-state index in [9.17, 15) is 34.5 Å². The molecule has 0 unspecified atom stereocenters. The van der Waals surface area contributed by atoms with Crippen molar-refractivity contribution in [3.8, 4) is 0 Å². The van der Waals surface area contributed by atoms with E-state index >= 15 is 0 Å². The monoisotopic (exact) mass is 912 g/mol. The Morgan fingerprint density at radius 1 is 0.455 bits per heavy atom. The number of carboxylic acids is 3. The molecule has 0 saturated carbocycles. The topological polar surface area (TPSA) is 162 Å². The standard InChI is InChI=1S/C42H71N5O7.Gd/c1-34(2)12-9-15-37(5)18-10-16-35(3)13-7-8-14-36(4)17-11-19-38(6)20-21-43-39(48)30-44-22-24-45(31-40(49)50)26-28-47(33-42(53)54)29-27-46(25-23-44)32-41(51)52;/h12-14,18-19H,7-11,15-17,20-33H2,1-6H3,(H,43,48)(H,49,50)(H,51,52)(H,53,54);/q;+3/p-3/b35-13+,36-14+,37-18+,38-19+;. The summed E-state index contributed by atoms with van der Waals surface area (Å²) in [5.41, 5.74) is 6.89. The van der Waals surface area contributed by atoms with E-state index in [4.69, 9.17) is 0 Å². The number of carbonyl (C=O) groups is 4. The second-order valence-corrected chi connectivity index (χ2v) is 15.0. The Kier molecular flexibility index (Phi) is 30.5. The molecule has 55 heavy (non-hydrogen) atoms. The number of hydrogen-bond donors (Lipinski definition) is 1. The van der Waals surface area contributed by atoms with Gasteiger partial charge in [0.15, 0.2) is 0 Å². The van der Waals surface area contributed by atoms with E-state index in [1.807, 2.05) is 4.90 Å². The van der Waals surface area contributed by atoms with Gasteiger partial charge in [-0.3, -0.25) is 24.4 Å². The summed E-state index contributed by atoms with van der Waals surface area (Å²) in [4.78, 5) is 53.8. The summed E-state index contributed by atoms with van der Waals surface area (Å²) in [6.07, 6.45) is 20.8. The van der Waals surface area contributed by atoms with Gasteiger partial charge in [0, 0.05) is 78.5 Å². The molecule has 1 amide bonds. The third kappa shape index (κ3) is 30.5. The minimum Gasteiger partial charge on any atom is -0.549 e. The molecule has 0 aromatic heterocycles. The molecule has 1 N–H and O–H groups in total. The predicted molar refractivity (Wildman–Crippen MR) is 210 cm³/mol. The molecule has 0 spiro atoms. The van der Waals surface area contributed by atoms with Crippen molar-refractivity contribution in [2.24, 2.45) is 0 Å². The Hall–Kier alpha value is -2.26. The molecule has 0 bridgehead atoms. The van der Waals surface area contributed by atoms with Gasteiger partial charge in [-0.1, -0.05) is 58.2 Å².